The Labute approximate surface area is 111 Å². The average Bonchev–Trinajstić information content (AvgIpc) is 2.44. The zero-order valence-corrected chi connectivity index (χ0v) is 11.0. The fourth-order valence-corrected chi connectivity index (χ4v) is 2.81. The molecule has 0 heterocycles. The number of amides is 1. The first-order valence-electron chi connectivity index (χ1n) is 6.15. The molecule has 0 saturated carbocycles. The molecule has 5 heteroatoms. The summed E-state index contributed by atoms with van der Waals surface area (Å²) in [6.07, 6.45) is 2.53. The summed E-state index contributed by atoms with van der Waals surface area (Å²) < 4.78 is 5.17. The molecule has 1 aliphatic rings. The standard InChI is InChI=1S/C14H17NO4/c1-15(9-16)14(13(17)18)7-3-4-10-8-11(19-2)5-6-12(10)14/h5-6,8-9H,3-4,7H2,1-2H3,(H,17,18). The van der Waals surface area contributed by atoms with Gasteiger partial charge in [-0.1, -0.05) is 6.07 Å². The Morgan fingerprint density at radius 2 is 2.26 bits per heavy atom. The van der Waals surface area contributed by atoms with Crippen molar-refractivity contribution in [3.8, 4) is 5.75 Å². The molecule has 0 aromatic heterocycles. The summed E-state index contributed by atoms with van der Waals surface area (Å²) in [6.45, 7) is 0. The van der Waals surface area contributed by atoms with E-state index in [0.29, 0.717) is 24.1 Å². The predicted molar refractivity (Wildman–Crippen MR) is 69.1 cm³/mol. The molecule has 1 aliphatic carbocycles. The number of ether oxygens (including phenoxy) is 1. The van der Waals surface area contributed by atoms with Crippen molar-refractivity contribution in [3.05, 3.63) is 29.3 Å². The number of benzene rings is 1. The van der Waals surface area contributed by atoms with E-state index in [4.69, 9.17) is 4.74 Å². The molecule has 19 heavy (non-hydrogen) atoms. The van der Waals surface area contributed by atoms with Gasteiger partial charge in [0, 0.05) is 7.05 Å². The fourth-order valence-electron chi connectivity index (χ4n) is 2.81. The number of aryl methyl sites for hydroxylation is 1. The first-order valence-corrected chi connectivity index (χ1v) is 6.15. The number of hydrogen-bond acceptors (Lipinski definition) is 3. The quantitative estimate of drug-likeness (QED) is 0.834. The van der Waals surface area contributed by atoms with Gasteiger partial charge in [-0.3, -0.25) is 4.79 Å². The van der Waals surface area contributed by atoms with Gasteiger partial charge in [-0.25, -0.2) is 4.79 Å². The highest BCUT2D eigenvalue weighted by Gasteiger charge is 2.47. The number of carbonyl (C=O) groups excluding carboxylic acids is 1. The van der Waals surface area contributed by atoms with E-state index in [-0.39, 0.29) is 0 Å². The molecule has 0 aliphatic heterocycles. The van der Waals surface area contributed by atoms with Crippen LogP contribution < -0.4 is 4.74 Å². The zero-order valence-electron chi connectivity index (χ0n) is 11.0. The molecule has 1 aromatic carbocycles. The Morgan fingerprint density at radius 3 is 2.84 bits per heavy atom. The number of likely N-dealkylation sites (N-methyl/N-ethyl adjacent to an activating group) is 1. The predicted octanol–water partition coefficient (Wildman–Crippen LogP) is 1.40. The highest BCUT2D eigenvalue weighted by atomic mass is 16.5. The van der Waals surface area contributed by atoms with Crippen LogP contribution >= 0.6 is 0 Å². The van der Waals surface area contributed by atoms with E-state index in [1.807, 2.05) is 6.07 Å². The van der Waals surface area contributed by atoms with Crippen molar-refractivity contribution in [1.29, 1.82) is 0 Å². The Bertz CT molecular complexity index is 514. The smallest absolute Gasteiger partial charge is 0.334 e. The van der Waals surface area contributed by atoms with Crippen molar-refractivity contribution < 1.29 is 19.4 Å². The maximum absolute atomic E-state index is 11.8. The van der Waals surface area contributed by atoms with Gasteiger partial charge in [-0.15, -0.1) is 0 Å². The van der Waals surface area contributed by atoms with Crippen molar-refractivity contribution in [1.82, 2.24) is 4.90 Å². The van der Waals surface area contributed by atoms with Crippen molar-refractivity contribution >= 4 is 12.4 Å². The largest absolute Gasteiger partial charge is 0.497 e. The number of carboxylic acids is 1. The van der Waals surface area contributed by atoms with Gasteiger partial charge in [-0.05, 0) is 42.5 Å². The van der Waals surface area contributed by atoms with Gasteiger partial charge in [0.05, 0.1) is 7.11 Å². The number of carboxylic acid groups (broad SMARTS) is 1. The fraction of sp³-hybridized carbons (Fsp3) is 0.429. The molecule has 1 N–H and O–H groups in total. The normalized spacial score (nSPS) is 21.4. The number of hydrogen-bond donors (Lipinski definition) is 1. The molecular weight excluding hydrogens is 246 g/mol. The highest BCUT2D eigenvalue weighted by Crippen LogP contribution is 2.40. The van der Waals surface area contributed by atoms with Crippen LogP contribution in [0.15, 0.2) is 18.2 Å². The molecule has 5 nitrogen and oxygen atoms in total. The molecule has 102 valence electrons. The van der Waals surface area contributed by atoms with Gasteiger partial charge in [0.15, 0.2) is 5.54 Å². The Hall–Kier alpha value is -2.04. The molecule has 2 rings (SSSR count). The summed E-state index contributed by atoms with van der Waals surface area (Å²) in [5.41, 5.74) is 0.352. The minimum Gasteiger partial charge on any atom is -0.497 e. The SMILES string of the molecule is COc1ccc2c(c1)CCCC2(C(=O)O)N(C)C=O. The minimum absolute atomic E-state index is 0.427. The van der Waals surface area contributed by atoms with Crippen LogP contribution in [0.2, 0.25) is 0 Å². The molecule has 1 aromatic rings. The van der Waals surface area contributed by atoms with Gasteiger partial charge in [0.25, 0.3) is 0 Å². The monoisotopic (exact) mass is 263 g/mol. The molecule has 0 spiro atoms. The lowest BCUT2D eigenvalue weighted by Crippen LogP contribution is -2.51. The van der Waals surface area contributed by atoms with Crippen molar-refractivity contribution in [2.75, 3.05) is 14.2 Å². The molecule has 1 amide bonds. The van der Waals surface area contributed by atoms with Gasteiger partial charge >= 0.3 is 5.97 Å². The first kappa shape index (κ1) is 13.4. The topological polar surface area (TPSA) is 66.8 Å². The van der Waals surface area contributed by atoms with Crippen LogP contribution in [0.25, 0.3) is 0 Å². The number of rotatable bonds is 4. The van der Waals surface area contributed by atoms with Crippen LogP contribution in [-0.4, -0.2) is 36.5 Å². The van der Waals surface area contributed by atoms with Crippen LogP contribution in [0.4, 0.5) is 0 Å². The average molecular weight is 263 g/mol. The first-order chi connectivity index (χ1) is 9.06. The number of fused-ring (bicyclic) bond motifs is 1. The number of methoxy groups -OCH3 is 1. The van der Waals surface area contributed by atoms with E-state index in [1.54, 1.807) is 19.2 Å². The summed E-state index contributed by atoms with van der Waals surface area (Å²) in [5.74, 6) is -0.290. The van der Waals surface area contributed by atoms with E-state index in [2.05, 4.69) is 0 Å². The molecule has 0 saturated heterocycles. The van der Waals surface area contributed by atoms with Crippen LogP contribution in [0, 0.1) is 0 Å². The second-order valence-electron chi connectivity index (χ2n) is 4.76. The Morgan fingerprint density at radius 1 is 1.53 bits per heavy atom. The summed E-state index contributed by atoms with van der Waals surface area (Å²) in [4.78, 5) is 24.1. The van der Waals surface area contributed by atoms with Gasteiger partial charge in [-0.2, -0.15) is 0 Å². The van der Waals surface area contributed by atoms with E-state index in [9.17, 15) is 14.7 Å². The van der Waals surface area contributed by atoms with Crippen molar-refractivity contribution in [3.63, 3.8) is 0 Å². The third-order valence-corrected chi connectivity index (χ3v) is 3.86. The maximum atomic E-state index is 11.8. The Balaban J connectivity index is 2.61. The molecule has 0 radical (unpaired) electrons. The number of aliphatic carboxylic acids is 1. The minimum atomic E-state index is -1.26. The van der Waals surface area contributed by atoms with Crippen LogP contribution in [0.3, 0.4) is 0 Å². The molecule has 1 unspecified atom stereocenters. The molecule has 0 bridgehead atoms. The lowest BCUT2D eigenvalue weighted by atomic mass is 9.75. The second-order valence-corrected chi connectivity index (χ2v) is 4.76. The van der Waals surface area contributed by atoms with E-state index >= 15 is 0 Å². The number of nitrogens with zero attached hydrogens (tertiary/aromatic N) is 1. The highest BCUT2D eigenvalue weighted by molar-refractivity contribution is 5.84. The van der Waals surface area contributed by atoms with Gasteiger partial charge < -0.3 is 14.7 Å². The lowest BCUT2D eigenvalue weighted by molar-refractivity contribution is -0.156. The maximum Gasteiger partial charge on any atom is 0.334 e. The summed E-state index contributed by atoms with van der Waals surface area (Å²) in [6, 6.07) is 5.34. The third-order valence-electron chi connectivity index (χ3n) is 3.86. The van der Waals surface area contributed by atoms with Crippen molar-refractivity contribution in [2.45, 2.75) is 24.8 Å². The van der Waals surface area contributed by atoms with Crippen LogP contribution in [-0.2, 0) is 21.5 Å². The zero-order chi connectivity index (χ0) is 14.0. The summed E-state index contributed by atoms with van der Waals surface area (Å²) >= 11 is 0. The molecular formula is C14H17NO4. The lowest BCUT2D eigenvalue weighted by Gasteiger charge is -2.40. The van der Waals surface area contributed by atoms with Gasteiger partial charge in [0.1, 0.15) is 5.75 Å². The second kappa shape index (κ2) is 4.91. The van der Waals surface area contributed by atoms with Crippen LogP contribution in [0.5, 0.6) is 5.75 Å². The Kier molecular flexibility index (Phi) is 3.46. The third kappa shape index (κ3) is 1.95. The molecule has 1 atom stereocenters. The van der Waals surface area contributed by atoms with E-state index in [1.165, 1.54) is 11.9 Å². The van der Waals surface area contributed by atoms with Crippen molar-refractivity contribution in [2.24, 2.45) is 0 Å². The van der Waals surface area contributed by atoms with Gasteiger partial charge in [0.2, 0.25) is 6.41 Å². The van der Waals surface area contributed by atoms with Crippen LogP contribution in [0.1, 0.15) is 24.0 Å². The molecule has 0 fully saturated rings. The number of carbonyl (C=O) groups is 2. The summed E-state index contributed by atoms with van der Waals surface area (Å²) in [5, 5.41) is 9.63. The van der Waals surface area contributed by atoms with E-state index in [0.717, 1.165) is 18.4 Å². The van der Waals surface area contributed by atoms with E-state index < -0.39 is 11.5 Å². The summed E-state index contributed by atoms with van der Waals surface area (Å²) in [7, 11) is 3.09.